The third-order valence-electron chi connectivity index (χ3n) is 3.69. The van der Waals surface area contributed by atoms with Crippen molar-refractivity contribution in [1.82, 2.24) is 14.5 Å². The van der Waals surface area contributed by atoms with Crippen molar-refractivity contribution in [2.24, 2.45) is 0 Å². The van der Waals surface area contributed by atoms with E-state index in [0.717, 1.165) is 16.3 Å². The molecule has 4 rings (SSSR count). The summed E-state index contributed by atoms with van der Waals surface area (Å²) >= 11 is 7.51. The van der Waals surface area contributed by atoms with E-state index in [1.165, 1.54) is 0 Å². The van der Waals surface area contributed by atoms with E-state index >= 15 is 0 Å². The number of hydrogen-bond acceptors (Lipinski definition) is 4. The number of benzene rings is 2. The number of fused-ring (bicyclic) bond motifs is 1. The van der Waals surface area contributed by atoms with Crippen LogP contribution in [0.1, 0.15) is 5.69 Å². The van der Waals surface area contributed by atoms with Crippen molar-refractivity contribution in [3.8, 4) is 10.6 Å². The zero-order chi connectivity index (χ0) is 16.5. The molecule has 0 N–H and O–H groups in total. The number of aromatic nitrogens is 3. The van der Waals surface area contributed by atoms with E-state index in [1.54, 1.807) is 40.4 Å². The summed E-state index contributed by atoms with van der Waals surface area (Å²) in [4.78, 5) is 21.5. The summed E-state index contributed by atoms with van der Waals surface area (Å²) in [6.45, 7) is 0.397. The highest BCUT2D eigenvalue weighted by atomic mass is 35.5. The van der Waals surface area contributed by atoms with Crippen molar-refractivity contribution >= 4 is 33.8 Å². The Bertz CT molecular complexity index is 1070. The quantitative estimate of drug-likeness (QED) is 0.554. The molecule has 24 heavy (non-hydrogen) atoms. The highest BCUT2D eigenvalue weighted by Crippen LogP contribution is 2.23. The van der Waals surface area contributed by atoms with Gasteiger partial charge in [0.2, 0.25) is 0 Å². The maximum atomic E-state index is 12.6. The molecular weight excluding hydrogens is 342 g/mol. The first kappa shape index (κ1) is 15.1. The number of rotatable bonds is 3. The van der Waals surface area contributed by atoms with Gasteiger partial charge in [-0.15, -0.1) is 11.3 Å². The molecule has 0 spiro atoms. The fraction of sp³-hybridized carbons (Fsp3) is 0.0556. The van der Waals surface area contributed by atoms with E-state index in [9.17, 15) is 4.79 Å². The van der Waals surface area contributed by atoms with Crippen molar-refractivity contribution in [3.63, 3.8) is 0 Å². The molecular formula is C18H12ClN3OS. The first-order valence-electron chi connectivity index (χ1n) is 7.35. The second kappa shape index (κ2) is 6.19. The van der Waals surface area contributed by atoms with Gasteiger partial charge in [-0.3, -0.25) is 9.36 Å². The van der Waals surface area contributed by atoms with Gasteiger partial charge in [-0.25, -0.2) is 9.97 Å². The highest BCUT2D eigenvalue weighted by molar-refractivity contribution is 7.13. The standard InChI is InChI=1S/C18H12ClN3OS/c19-13-6-7-15-16(8-13)20-11-22(18(15)23)9-14-10-24-17(21-14)12-4-2-1-3-5-12/h1-8,10-11H,9H2. The van der Waals surface area contributed by atoms with Gasteiger partial charge in [0.25, 0.3) is 5.56 Å². The summed E-state index contributed by atoms with van der Waals surface area (Å²) < 4.78 is 1.57. The van der Waals surface area contributed by atoms with Gasteiger partial charge in [-0.1, -0.05) is 41.9 Å². The van der Waals surface area contributed by atoms with Crippen molar-refractivity contribution < 1.29 is 0 Å². The molecule has 0 saturated carbocycles. The minimum Gasteiger partial charge on any atom is -0.293 e. The summed E-state index contributed by atoms with van der Waals surface area (Å²) in [7, 11) is 0. The second-order valence-electron chi connectivity index (χ2n) is 5.35. The first-order valence-corrected chi connectivity index (χ1v) is 8.61. The Morgan fingerprint density at radius 3 is 2.79 bits per heavy atom. The molecule has 0 aliphatic heterocycles. The Morgan fingerprint density at radius 1 is 1.12 bits per heavy atom. The molecule has 118 valence electrons. The van der Waals surface area contributed by atoms with Crippen molar-refractivity contribution in [1.29, 1.82) is 0 Å². The number of nitrogens with zero attached hydrogens (tertiary/aromatic N) is 3. The smallest absolute Gasteiger partial charge is 0.261 e. The van der Waals surface area contributed by atoms with Gasteiger partial charge in [0.05, 0.1) is 29.5 Å². The van der Waals surface area contributed by atoms with Crippen LogP contribution in [0.15, 0.2) is 65.0 Å². The van der Waals surface area contributed by atoms with Crippen LogP contribution in [0.3, 0.4) is 0 Å². The molecule has 0 aliphatic carbocycles. The molecule has 0 bridgehead atoms. The molecule has 0 radical (unpaired) electrons. The maximum absolute atomic E-state index is 12.6. The Balaban J connectivity index is 1.68. The lowest BCUT2D eigenvalue weighted by atomic mass is 10.2. The molecule has 0 amide bonds. The van der Waals surface area contributed by atoms with Crippen LogP contribution in [0.25, 0.3) is 21.5 Å². The van der Waals surface area contributed by atoms with Crippen LogP contribution in [0.4, 0.5) is 0 Å². The third-order valence-corrected chi connectivity index (χ3v) is 4.87. The van der Waals surface area contributed by atoms with E-state index < -0.39 is 0 Å². The largest absolute Gasteiger partial charge is 0.293 e. The molecule has 0 fully saturated rings. The molecule has 2 aromatic carbocycles. The van der Waals surface area contributed by atoms with E-state index in [2.05, 4.69) is 9.97 Å². The summed E-state index contributed by atoms with van der Waals surface area (Å²) in [5, 5.41) is 4.04. The van der Waals surface area contributed by atoms with Crippen LogP contribution in [-0.2, 0) is 6.54 Å². The fourth-order valence-electron chi connectivity index (χ4n) is 2.51. The molecule has 0 aliphatic rings. The lowest BCUT2D eigenvalue weighted by molar-refractivity contribution is 0.734. The maximum Gasteiger partial charge on any atom is 0.261 e. The molecule has 6 heteroatoms. The second-order valence-corrected chi connectivity index (χ2v) is 6.64. The summed E-state index contributed by atoms with van der Waals surface area (Å²) in [5.74, 6) is 0. The molecule has 0 atom stereocenters. The van der Waals surface area contributed by atoms with Crippen LogP contribution in [0.2, 0.25) is 5.02 Å². The SMILES string of the molecule is O=c1c2ccc(Cl)cc2ncn1Cc1csc(-c2ccccc2)n1. The Kier molecular flexibility index (Phi) is 3.88. The normalized spacial score (nSPS) is 11.0. The minimum atomic E-state index is -0.0917. The predicted octanol–water partition coefficient (Wildman–Crippen LogP) is 4.22. The van der Waals surface area contributed by atoms with Gasteiger partial charge in [0.1, 0.15) is 5.01 Å². The van der Waals surface area contributed by atoms with Crippen LogP contribution in [-0.4, -0.2) is 14.5 Å². The van der Waals surface area contributed by atoms with E-state index in [4.69, 9.17) is 11.6 Å². The Labute approximate surface area is 147 Å². The molecule has 2 aromatic heterocycles. The van der Waals surface area contributed by atoms with Crippen LogP contribution < -0.4 is 5.56 Å². The lowest BCUT2D eigenvalue weighted by Crippen LogP contribution is -2.21. The van der Waals surface area contributed by atoms with E-state index in [0.29, 0.717) is 22.5 Å². The van der Waals surface area contributed by atoms with Crippen LogP contribution in [0.5, 0.6) is 0 Å². The van der Waals surface area contributed by atoms with Crippen LogP contribution in [0, 0.1) is 0 Å². The van der Waals surface area contributed by atoms with Gasteiger partial charge < -0.3 is 0 Å². The summed E-state index contributed by atoms with van der Waals surface area (Å²) in [6, 6.07) is 15.1. The van der Waals surface area contributed by atoms with Crippen molar-refractivity contribution in [2.75, 3.05) is 0 Å². The molecule has 4 aromatic rings. The highest BCUT2D eigenvalue weighted by Gasteiger charge is 2.08. The average molecular weight is 354 g/mol. The topological polar surface area (TPSA) is 47.8 Å². The van der Waals surface area contributed by atoms with E-state index in [-0.39, 0.29) is 5.56 Å². The van der Waals surface area contributed by atoms with E-state index in [1.807, 2.05) is 35.7 Å². The van der Waals surface area contributed by atoms with Crippen molar-refractivity contribution in [3.05, 3.63) is 81.3 Å². The van der Waals surface area contributed by atoms with Gasteiger partial charge in [0, 0.05) is 16.0 Å². The molecule has 0 unspecified atom stereocenters. The monoisotopic (exact) mass is 353 g/mol. The third kappa shape index (κ3) is 2.84. The first-order chi connectivity index (χ1) is 11.7. The minimum absolute atomic E-state index is 0.0917. The predicted molar refractivity (Wildman–Crippen MR) is 97.7 cm³/mol. The van der Waals surface area contributed by atoms with Gasteiger partial charge in [-0.2, -0.15) is 0 Å². The number of hydrogen-bond donors (Lipinski definition) is 0. The molecule has 4 nitrogen and oxygen atoms in total. The fourth-order valence-corrected chi connectivity index (χ4v) is 3.49. The average Bonchev–Trinajstić information content (AvgIpc) is 3.07. The summed E-state index contributed by atoms with van der Waals surface area (Å²) in [5.41, 5.74) is 2.43. The van der Waals surface area contributed by atoms with Gasteiger partial charge in [0.15, 0.2) is 0 Å². The summed E-state index contributed by atoms with van der Waals surface area (Å²) in [6.07, 6.45) is 1.54. The Morgan fingerprint density at radius 2 is 1.96 bits per heavy atom. The lowest BCUT2D eigenvalue weighted by Gasteiger charge is -2.05. The Hall–Kier alpha value is -2.50. The van der Waals surface area contributed by atoms with Gasteiger partial charge in [-0.05, 0) is 18.2 Å². The number of halogens is 1. The van der Waals surface area contributed by atoms with Crippen LogP contribution >= 0.6 is 22.9 Å². The molecule has 0 saturated heterocycles. The van der Waals surface area contributed by atoms with Crippen molar-refractivity contribution in [2.45, 2.75) is 6.54 Å². The van der Waals surface area contributed by atoms with Gasteiger partial charge >= 0.3 is 0 Å². The number of thiazole rings is 1. The zero-order valence-electron chi connectivity index (χ0n) is 12.5. The molecule has 2 heterocycles. The zero-order valence-corrected chi connectivity index (χ0v) is 14.1.